The number of hydrogen-bond acceptors (Lipinski definition) is 3. The van der Waals surface area contributed by atoms with Crippen LogP contribution in [0.2, 0.25) is 0 Å². The monoisotopic (exact) mass is 296 g/mol. The van der Waals surface area contributed by atoms with E-state index in [1.54, 1.807) is 0 Å². The van der Waals surface area contributed by atoms with Gasteiger partial charge in [-0.05, 0) is 17.7 Å². The van der Waals surface area contributed by atoms with Gasteiger partial charge >= 0.3 is 0 Å². The standard InChI is InChI=1S/C18H20N2O2/c21-18(19-16-9-5-2-6-10-16)13-20-11-12-22-14-17(20)15-7-3-1-4-8-15/h1-10,17H,11-14H2,(H,19,21). The van der Waals surface area contributed by atoms with Gasteiger partial charge in [0, 0.05) is 12.2 Å². The summed E-state index contributed by atoms with van der Waals surface area (Å²) >= 11 is 0. The van der Waals surface area contributed by atoms with Crippen LogP contribution in [0.4, 0.5) is 5.69 Å². The average Bonchev–Trinajstić information content (AvgIpc) is 2.57. The van der Waals surface area contributed by atoms with E-state index in [9.17, 15) is 4.79 Å². The molecule has 4 nitrogen and oxygen atoms in total. The molecule has 1 aliphatic rings. The second kappa shape index (κ2) is 7.20. The summed E-state index contributed by atoms with van der Waals surface area (Å²) in [6, 6.07) is 19.9. The number of anilines is 1. The first kappa shape index (κ1) is 14.8. The maximum atomic E-state index is 12.3. The minimum atomic E-state index is 0.00836. The molecule has 3 rings (SSSR count). The smallest absolute Gasteiger partial charge is 0.238 e. The average molecular weight is 296 g/mol. The SMILES string of the molecule is O=C(CN1CCOCC1c1ccccc1)Nc1ccccc1. The lowest BCUT2D eigenvalue weighted by Gasteiger charge is -2.35. The molecule has 0 spiro atoms. The number of hydrogen-bond donors (Lipinski definition) is 1. The van der Waals surface area contributed by atoms with E-state index in [0.29, 0.717) is 19.8 Å². The highest BCUT2D eigenvalue weighted by atomic mass is 16.5. The van der Waals surface area contributed by atoms with Crippen LogP contribution in [0.3, 0.4) is 0 Å². The van der Waals surface area contributed by atoms with E-state index in [2.05, 4.69) is 22.3 Å². The number of carbonyl (C=O) groups excluding carboxylic acids is 1. The van der Waals surface area contributed by atoms with Gasteiger partial charge in [0.05, 0.1) is 25.8 Å². The Bertz CT molecular complexity index is 601. The Hall–Kier alpha value is -2.17. The van der Waals surface area contributed by atoms with Gasteiger partial charge < -0.3 is 10.1 Å². The van der Waals surface area contributed by atoms with Gasteiger partial charge in [0.2, 0.25) is 5.91 Å². The summed E-state index contributed by atoms with van der Waals surface area (Å²) in [5.74, 6) is 0.00836. The zero-order valence-corrected chi connectivity index (χ0v) is 12.4. The second-order valence-electron chi connectivity index (χ2n) is 5.39. The third-order valence-corrected chi connectivity index (χ3v) is 3.83. The van der Waals surface area contributed by atoms with E-state index in [0.717, 1.165) is 12.2 Å². The normalized spacial score (nSPS) is 18.8. The lowest BCUT2D eigenvalue weighted by Crippen LogP contribution is -2.43. The van der Waals surface area contributed by atoms with E-state index in [4.69, 9.17) is 4.74 Å². The lowest BCUT2D eigenvalue weighted by atomic mass is 10.1. The van der Waals surface area contributed by atoms with Gasteiger partial charge in [-0.25, -0.2) is 0 Å². The van der Waals surface area contributed by atoms with Crippen molar-refractivity contribution in [2.75, 3.05) is 31.6 Å². The number of morpholine rings is 1. The van der Waals surface area contributed by atoms with Crippen molar-refractivity contribution >= 4 is 11.6 Å². The predicted molar refractivity (Wildman–Crippen MR) is 86.6 cm³/mol. The summed E-state index contributed by atoms with van der Waals surface area (Å²) in [4.78, 5) is 14.4. The first-order valence-corrected chi connectivity index (χ1v) is 7.54. The molecule has 0 aliphatic carbocycles. The highest BCUT2D eigenvalue weighted by Gasteiger charge is 2.26. The number of benzene rings is 2. The number of nitrogens with zero attached hydrogens (tertiary/aromatic N) is 1. The van der Waals surface area contributed by atoms with E-state index in [1.807, 2.05) is 48.5 Å². The van der Waals surface area contributed by atoms with Gasteiger partial charge in [-0.2, -0.15) is 0 Å². The molecule has 1 unspecified atom stereocenters. The molecule has 0 radical (unpaired) electrons. The van der Waals surface area contributed by atoms with Crippen LogP contribution >= 0.6 is 0 Å². The van der Waals surface area contributed by atoms with Crippen molar-refractivity contribution in [1.29, 1.82) is 0 Å². The summed E-state index contributed by atoms with van der Waals surface area (Å²) in [7, 11) is 0. The summed E-state index contributed by atoms with van der Waals surface area (Å²) in [6.07, 6.45) is 0. The summed E-state index contributed by atoms with van der Waals surface area (Å²) in [5.41, 5.74) is 2.02. The first-order valence-electron chi connectivity index (χ1n) is 7.54. The Morgan fingerprint density at radius 2 is 1.77 bits per heavy atom. The molecular formula is C18H20N2O2. The fourth-order valence-corrected chi connectivity index (χ4v) is 2.72. The molecule has 2 aromatic rings. The molecule has 0 saturated carbocycles. The van der Waals surface area contributed by atoms with E-state index in [-0.39, 0.29) is 11.9 Å². The van der Waals surface area contributed by atoms with Gasteiger partial charge in [0.1, 0.15) is 0 Å². The van der Waals surface area contributed by atoms with Crippen LogP contribution in [0.1, 0.15) is 11.6 Å². The third kappa shape index (κ3) is 3.72. The molecule has 1 amide bonds. The van der Waals surface area contributed by atoms with Crippen molar-refractivity contribution in [2.24, 2.45) is 0 Å². The van der Waals surface area contributed by atoms with Gasteiger partial charge in [0.15, 0.2) is 0 Å². The maximum Gasteiger partial charge on any atom is 0.238 e. The molecule has 114 valence electrons. The molecule has 4 heteroatoms. The molecule has 2 aromatic carbocycles. The molecular weight excluding hydrogens is 276 g/mol. The number of amides is 1. The number of ether oxygens (including phenoxy) is 1. The zero-order valence-electron chi connectivity index (χ0n) is 12.4. The van der Waals surface area contributed by atoms with Crippen molar-refractivity contribution in [3.8, 4) is 0 Å². The molecule has 1 heterocycles. The Morgan fingerprint density at radius 3 is 2.50 bits per heavy atom. The second-order valence-corrected chi connectivity index (χ2v) is 5.39. The number of para-hydroxylation sites is 1. The Balaban J connectivity index is 1.65. The van der Waals surface area contributed by atoms with E-state index in [1.165, 1.54) is 5.56 Å². The number of carbonyl (C=O) groups is 1. The van der Waals surface area contributed by atoms with Crippen LogP contribution in [0.15, 0.2) is 60.7 Å². The molecule has 0 bridgehead atoms. The molecule has 1 saturated heterocycles. The topological polar surface area (TPSA) is 41.6 Å². The Labute approximate surface area is 130 Å². The lowest BCUT2D eigenvalue weighted by molar-refractivity contribution is -0.119. The Kier molecular flexibility index (Phi) is 4.83. The number of nitrogens with one attached hydrogen (secondary N) is 1. The van der Waals surface area contributed by atoms with Gasteiger partial charge in [-0.15, -0.1) is 0 Å². The van der Waals surface area contributed by atoms with Crippen molar-refractivity contribution < 1.29 is 9.53 Å². The van der Waals surface area contributed by atoms with Crippen LogP contribution in [-0.4, -0.2) is 37.1 Å². The fraction of sp³-hybridized carbons (Fsp3) is 0.278. The highest BCUT2D eigenvalue weighted by molar-refractivity contribution is 5.92. The molecule has 0 aromatic heterocycles. The van der Waals surface area contributed by atoms with Crippen molar-refractivity contribution in [1.82, 2.24) is 4.90 Å². The highest BCUT2D eigenvalue weighted by Crippen LogP contribution is 2.23. The van der Waals surface area contributed by atoms with Crippen molar-refractivity contribution in [2.45, 2.75) is 6.04 Å². The van der Waals surface area contributed by atoms with Crippen LogP contribution < -0.4 is 5.32 Å². The van der Waals surface area contributed by atoms with Crippen LogP contribution in [0, 0.1) is 0 Å². The molecule has 22 heavy (non-hydrogen) atoms. The van der Waals surface area contributed by atoms with Crippen LogP contribution in [0.25, 0.3) is 0 Å². The molecule has 1 N–H and O–H groups in total. The fourth-order valence-electron chi connectivity index (χ4n) is 2.72. The summed E-state index contributed by atoms with van der Waals surface area (Å²) in [5, 5.41) is 2.94. The number of rotatable bonds is 4. The molecule has 1 fully saturated rings. The van der Waals surface area contributed by atoms with Gasteiger partial charge in [0.25, 0.3) is 0 Å². The van der Waals surface area contributed by atoms with Gasteiger partial charge in [-0.3, -0.25) is 9.69 Å². The van der Waals surface area contributed by atoms with Gasteiger partial charge in [-0.1, -0.05) is 48.5 Å². The van der Waals surface area contributed by atoms with E-state index < -0.39 is 0 Å². The maximum absolute atomic E-state index is 12.3. The first-order chi connectivity index (χ1) is 10.8. The molecule has 1 aliphatic heterocycles. The zero-order chi connectivity index (χ0) is 15.2. The predicted octanol–water partition coefficient (Wildman–Crippen LogP) is 2.70. The quantitative estimate of drug-likeness (QED) is 0.943. The minimum Gasteiger partial charge on any atom is -0.378 e. The van der Waals surface area contributed by atoms with Crippen LogP contribution in [0.5, 0.6) is 0 Å². The van der Waals surface area contributed by atoms with Crippen molar-refractivity contribution in [3.63, 3.8) is 0 Å². The third-order valence-electron chi connectivity index (χ3n) is 3.83. The largest absolute Gasteiger partial charge is 0.378 e. The minimum absolute atomic E-state index is 0.00836. The Morgan fingerprint density at radius 1 is 1.09 bits per heavy atom. The summed E-state index contributed by atoms with van der Waals surface area (Å²) < 4.78 is 5.59. The summed E-state index contributed by atoms with van der Waals surface area (Å²) in [6.45, 7) is 2.43. The van der Waals surface area contributed by atoms with E-state index >= 15 is 0 Å². The van der Waals surface area contributed by atoms with Crippen molar-refractivity contribution in [3.05, 3.63) is 66.2 Å². The van der Waals surface area contributed by atoms with Crippen LogP contribution in [-0.2, 0) is 9.53 Å². The molecule has 1 atom stereocenters.